The van der Waals surface area contributed by atoms with E-state index in [0.717, 1.165) is 14.9 Å². The van der Waals surface area contributed by atoms with Gasteiger partial charge in [0.05, 0.1) is 12.7 Å². The average molecular weight is 277 g/mol. The average Bonchev–Trinajstić information content (AvgIpc) is 2.14. The molecule has 0 aliphatic rings. The lowest BCUT2D eigenvalue weighted by atomic mass is 10.1. The van der Waals surface area contributed by atoms with Crippen LogP contribution in [0.2, 0.25) is 0 Å². The first-order chi connectivity index (χ1) is 6.65. The molecule has 1 aromatic carbocycles. The van der Waals surface area contributed by atoms with Gasteiger partial charge >= 0.3 is 0 Å². The second kappa shape index (κ2) is 5.75. The third-order valence-electron chi connectivity index (χ3n) is 1.78. The molecule has 78 valence electrons. The fraction of sp³-hybridized carbons (Fsp3) is 0.400. The number of aliphatic hydroxyl groups is 2. The third kappa shape index (κ3) is 3.28. The van der Waals surface area contributed by atoms with Gasteiger partial charge in [0.25, 0.3) is 0 Å². The Bertz CT molecular complexity index is 302. The van der Waals surface area contributed by atoms with Gasteiger partial charge in [0.15, 0.2) is 0 Å². The van der Waals surface area contributed by atoms with Crippen molar-refractivity contribution in [3.05, 3.63) is 28.2 Å². The minimum atomic E-state index is -0.457. The summed E-state index contributed by atoms with van der Waals surface area (Å²) >= 11 is 5.00. The summed E-state index contributed by atoms with van der Waals surface area (Å²) < 4.78 is 0.912. The van der Waals surface area contributed by atoms with E-state index < -0.39 is 6.10 Å². The zero-order valence-corrected chi connectivity index (χ0v) is 10.3. The van der Waals surface area contributed by atoms with Crippen LogP contribution in [-0.4, -0.2) is 22.6 Å². The highest BCUT2D eigenvalue weighted by Gasteiger charge is 2.06. The van der Waals surface area contributed by atoms with Crippen LogP contribution >= 0.6 is 27.7 Å². The highest BCUT2D eigenvalue weighted by Crippen LogP contribution is 2.28. The van der Waals surface area contributed by atoms with Crippen molar-refractivity contribution in [2.45, 2.75) is 17.9 Å². The zero-order chi connectivity index (χ0) is 10.6. The van der Waals surface area contributed by atoms with Gasteiger partial charge in [-0.1, -0.05) is 22.0 Å². The Morgan fingerprint density at radius 3 is 2.71 bits per heavy atom. The maximum Gasteiger partial charge on any atom is 0.0772 e. The van der Waals surface area contributed by atoms with Crippen LogP contribution < -0.4 is 0 Å². The van der Waals surface area contributed by atoms with Gasteiger partial charge in [0.1, 0.15) is 0 Å². The van der Waals surface area contributed by atoms with Gasteiger partial charge < -0.3 is 10.2 Å². The predicted octanol–water partition coefficient (Wildman–Crippen LogP) is 2.59. The molecular formula is C10H13BrO2S. The molecule has 0 aliphatic carbocycles. The predicted molar refractivity (Wildman–Crippen MR) is 62.6 cm³/mol. The second-order valence-corrected chi connectivity index (χ2v) is 4.95. The molecule has 0 fully saturated rings. The molecule has 2 N–H and O–H groups in total. The van der Waals surface area contributed by atoms with Crippen LogP contribution in [0.4, 0.5) is 0 Å². The van der Waals surface area contributed by atoms with Gasteiger partial charge in [-0.3, -0.25) is 0 Å². The van der Waals surface area contributed by atoms with Crippen molar-refractivity contribution in [3.8, 4) is 0 Å². The molecule has 1 aromatic rings. The monoisotopic (exact) mass is 276 g/mol. The summed E-state index contributed by atoms with van der Waals surface area (Å²) in [5.41, 5.74) is 0.887. The molecule has 4 heteroatoms. The lowest BCUT2D eigenvalue weighted by Gasteiger charge is -2.08. The molecule has 1 rings (SSSR count). The zero-order valence-electron chi connectivity index (χ0n) is 7.90. The van der Waals surface area contributed by atoms with Crippen LogP contribution in [0.3, 0.4) is 0 Å². The highest BCUT2D eigenvalue weighted by atomic mass is 79.9. The van der Waals surface area contributed by atoms with E-state index in [1.807, 2.05) is 18.2 Å². The Labute approximate surface area is 96.5 Å². The van der Waals surface area contributed by atoms with Gasteiger partial charge in [0, 0.05) is 15.1 Å². The SMILES string of the molecule is C[C@H](O)c1ccc(SCCO)cc1Br. The second-order valence-electron chi connectivity index (χ2n) is 2.93. The lowest BCUT2D eigenvalue weighted by molar-refractivity contribution is 0.198. The van der Waals surface area contributed by atoms with Crippen molar-refractivity contribution in [2.75, 3.05) is 12.4 Å². The molecule has 0 unspecified atom stereocenters. The smallest absolute Gasteiger partial charge is 0.0772 e. The summed E-state index contributed by atoms with van der Waals surface area (Å²) in [6, 6.07) is 5.81. The van der Waals surface area contributed by atoms with Gasteiger partial charge in [0.2, 0.25) is 0 Å². The molecule has 1 atom stereocenters. The number of benzene rings is 1. The number of halogens is 1. The summed E-state index contributed by atoms with van der Waals surface area (Å²) in [4.78, 5) is 1.09. The van der Waals surface area contributed by atoms with E-state index in [0.29, 0.717) is 5.75 Å². The molecule has 14 heavy (non-hydrogen) atoms. The number of thioether (sulfide) groups is 1. The van der Waals surface area contributed by atoms with Gasteiger partial charge in [-0.05, 0) is 24.6 Å². The molecular weight excluding hydrogens is 264 g/mol. The van der Waals surface area contributed by atoms with Gasteiger partial charge in [-0.15, -0.1) is 11.8 Å². The molecule has 2 nitrogen and oxygen atoms in total. The van der Waals surface area contributed by atoms with Crippen LogP contribution in [0.25, 0.3) is 0 Å². The van der Waals surface area contributed by atoms with Gasteiger partial charge in [-0.2, -0.15) is 0 Å². The van der Waals surface area contributed by atoms with Crippen molar-refractivity contribution in [1.29, 1.82) is 0 Å². The summed E-state index contributed by atoms with van der Waals surface area (Å²) in [5, 5.41) is 18.1. The van der Waals surface area contributed by atoms with Crippen LogP contribution in [0.1, 0.15) is 18.6 Å². The first kappa shape index (κ1) is 12.0. The number of aliphatic hydroxyl groups excluding tert-OH is 2. The van der Waals surface area contributed by atoms with E-state index >= 15 is 0 Å². The van der Waals surface area contributed by atoms with E-state index in [9.17, 15) is 5.11 Å². The van der Waals surface area contributed by atoms with E-state index in [2.05, 4.69) is 15.9 Å². The molecule has 0 bridgehead atoms. The Balaban J connectivity index is 2.78. The van der Waals surface area contributed by atoms with Crippen molar-refractivity contribution in [2.24, 2.45) is 0 Å². The quantitative estimate of drug-likeness (QED) is 0.831. The Kier molecular flexibility index (Phi) is 4.95. The molecule has 0 aliphatic heterocycles. The molecule has 0 amide bonds. The van der Waals surface area contributed by atoms with Crippen molar-refractivity contribution in [3.63, 3.8) is 0 Å². The molecule has 0 spiro atoms. The van der Waals surface area contributed by atoms with E-state index in [4.69, 9.17) is 5.11 Å². The van der Waals surface area contributed by atoms with Crippen molar-refractivity contribution in [1.82, 2.24) is 0 Å². The largest absolute Gasteiger partial charge is 0.396 e. The molecule has 0 saturated heterocycles. The lowest BCUT2D eigenvalue weighted by Crippen LogP contribution is -1.93. The Morgan fingerprint density at radius 1 is 1.50 bits per heavy atom. The van der Waals surface area contributed by atoms with Crippen molar-refractivity contribution >= 4 is 27.7 Å². The van der Waals surface area contributed by atoms with E-state index in [1.54, 1.807) is 18.7 Å². The molecule has 0 aromatic heterocycles. The summed E-state index contributed by atoms with van der Waals surface area (Å²) in [6.45, 7) is 1.92. The number of rotatable bonds is 4. The maximum absolute atomic E-state index is 9.39. The van der Waals surface area contributed by atoms with E-state index in [-0.39, 0.29) is 6.61 Å². The van der Waals surface area contributed by atoms with Crippen LogP contribution in [0, 0.1) is 0 Å². The fourth-order valence-electron chi connectivity index (χ4n) is 1.10. The first-order valence-electron chi connectivity index (χ1n) is 4.36. The topological polar surface area (TPSA) is 40.5 Å². The minimum Gasteiger partial charge on any atom is -0.396 e. The first-order valence-corrected chi connectivity index (χ1v) is 6.14. The van der Waals surface area contributed by atoms with E-state index in [1.165, 1.54) is 0 Å². The molecule has 0 saturated carbocycles. The third-order valence-corrected chi connectivity index (χ3v) is 3.44. The summed E-state index contributed by atoms with van der Waals surface area (Å²) in [7, 11) is 0. The highest BCUT2D eigenvalue weighted by molar-refractivity contribution is 9.10. The standard InChI is InChI=1S/C10H13BrO2S/c1-7(13)9-3-2-8(6-10(9)11)14-5-4-12/h2-3,6-7,12-13H,4-5H2,1H3/t7-/m0/s1. The number of hydrogen-bond acceptors (Lipinski definition) is 3. The van der Waals surface area contributed by atoms with Crippen LogP contribution in [0.15, 0.2) is 27.6 Å². The number of hydrogen-bond donors (Lipinski definition) is 2. The maximum atomic E-state index is 9.39. The van der Waals surface area contributed by atoms with Crippen LogP contribution in [0.5, 0.6) is 0 Å². The molecule has 0 heterocycles. The van der Waals surface area contributed by atoms with Crippen molar-refractivity contribution < 1.29 is 10.2 Å². The Hall–Kier alpha value is -0.0300. The minimum absolute atomic E-state index is 0.181. The van der Waals surface area contributed by atoms with Gasteiger partial charge in [-0.25, -0.2) is 0 Å². The molecule has 0 radical (unpaired) electrons. The normalized spacial score (nSPS) is 12.9. The summed E-state index contributed by atoms with van der Waals surface area (Å²) in [6.07, 6.45) is -0.457. The summed E-state index contributed by atoms with van der Waals surface area (Å²) in [5.74, 6) is 0.695. The Morgan fingerprint density at radius 2 is 2.21 bits per heavy atom. The fourth-order valence-corrected chi connectivity index (χ4v) is 2.65. The van der Waals surface area contributed by atoms with Crippen LogP contribution in [-0.2, 0) is 0 Å².